The minimum Gasteiger partial charge on any atom is -0.306 e. The van der Waals surface area contributed by atoms with Gasteiger partial charge >= 0.3 is 0 Å². The van der Waals surface area contributed by atoms with Crippen LogP contribution >= 0.6 is 0 Å². The number of halogens is 1. The summed E-state index contributed by atoms with van der Waals surface area (Å²) in [4.78, 5) is 0. The number of aryl methyl sites for hydroxylation is 1. The third-order valence-electron chi connectivity index (χ3n) is 3.21. The maximum Gasteiger partial charge on any atom is 0.123 e. The second-order valence-electron chi connectivity index (χ2n) is 4.58. The van der Waals surface area contributed by atoms with Crippen molar-refractivity contribution in [3.63, 3.8) is 0 Å². The Bertz CT molecular complexity index is 522. The van der Waals surface area contributed by atoms with Gasteiger partial charge in [-0.25, -0.2) is 4.39 Å². The highest BCUT2D eigenvalue weighted by atomic mass is 19.1. The van der Waals surface area contributed by atoms with E-state index in [1.807, 2.05) is 25.1 Å². The summed E-state index contributed by atoms with van der Waals surface area (Å²) in [6.45, 7) is 4.95. The van der Waals surface area contributed by atoms with Gasteiger partial charge in [0.2, 0.25) is 0 Å². The summed E-state index contributed by atoms with van der Waals surface area (Å²) >= 11 is 0. The summed E-state index contributed by atoms with van der Waals surface area (Å²) in [6.07, 6.45) is 0. The van der Waals surface area contributed by atoms with E-state index in [0.29, 0.717) is 0 Å². The van der Waals surface area contributed by atoms with Crippen LogP contribution in [0.3, 0.4) is 0 Å². The topological polar surface area (TPSA) is 12.0 Å². The smallest absolute Gasteiger partial charge is 0.123 e. The van der Waals surface area contributed by atoms with Crippen LogP contribution in [0.15, 0.2) is 48.5 Å². The number of rotatable bonds is 4. The SMILES string of the molecule is Cc1ccccc1CN[C@H](C)c1cccc(F)c1. The van der Waals surface area contributed by atoms with Crippen LogP contribution in [0.5, 0.6) is 0 Å². The molecule has 0 aromatic heterocycles. The Hall–Kier alpha value is -1.67. The molecule has 2 aromatic rings. The summed E-state index contributed by atoms with van der Waals surface area (Å²) in [5.41, 5.74) is 3.53. The minimum atomic E-state index is -0.183. The molecule has 0 aliphatic carbocycles. The second-order valence-corrected chi connectivity index (χ2v) is 4.58. The van der Waals surface area contributed by atoms with E-state index in [9.17, 15) is 4.39 Å². The third kappa shape index (κ3) is 3.17. The quantitative estimate of drug-likeness (QED) is 0.856. The average Bonchev–Trinajstić information content (AvgIpc) is 2.37. The predicted molar refractivity (Wildman–Crippen MR) is 72.8 cm³/mol. The lowest BCUT2D eigenvalue weighted by molar-refractivity contribution is 0.564. The molecule has 0 saturated heterocycles. The Kier molecular flexibility index (Phi) is 4.11. The van der Waals surface area contributed by atoms with Crippen LogP contribution in [0.25, 0.3) is 0 Å². The van der Waals surface area contributed by atoms with Gasteiger partial charge in [-0.2, -0.15) is 0 Å². The van der Waals surface area contributed by atoms with Crippen LogP contribution in [0.1, 0.15) is 29.7 Å². The lowest BCUT2D eigenvalue weighted by Crippen LogP contribution is -2.18. The van der Waals surface area contributed by atoms with Crippen molar-refractivity contribution in [2.24, 2.45) is 0 Å². The first-order valence-electron chi connectivity index (χ1n) is 6.20. The highest BCUT2D eigenvalue weighted by Gasteiger charge is 2.06. The van der Waals surface area contributed by atoms with Crippen molar-refractivity contribution in [3.05, 3.63) is 71.0 Å². The van der Waals surface area contributed by atoms with Crippen LogP contribution in [-0.4, -0.2) is 0 Å². The maximum atomic E-state index is 13.1. The Morgan fingerprint density at radius 1 is 1.11 bits per heavy atom. The van der Waals surface area contributed by atoms with Gasteiger partial charge < -0.3 is 5.32 Å². The molecule has 94 valence electrons. The predicted octanol–water partition coefficient (Wildman–Crippen LogP) is 3.98. The molecule has 0 heterocycles. The molecule has 0 radical (unpaired) electrons. The minimum absolute atomic E-state index is 0.139. The van der Waals surface area contributed by atoms with E-state index in [-0.39, 0.29) is 11.9 Å². The fourth-order valence-corrected chi connectivity index (χ4v) is 1.97. The molecule has 0 unspecified atom stereocenters. The summed E-state index contributed by atoms with van der Waals surface area (Å²) in [5.74, 6) is -0.183. The number of benzene rings is 2. The molecule has 1 atom stereocenters. The van der Waals surface area contributed by atoms with Crippen LogP contribution in [0.4, 0.5) is 4.39 Å². The molecule has 1 N–H and O–H groups in total. The van der Waals surface area contributed by atoms with E-state index in [1.165, 1.54) is 17.2 Å². The molecule has 0 spiro atoms. The van der Waals surface area contributed by atoms with Gasteiger partial charge in [-0.3, -0.25) is 0 Å². The van der Waals surface area contributed by atoms with Crippen molar-refractivity contribution in [1.29, 1.82) is 0 Å². The van der Waals surface area contributed by atoms with Gasteiger partial charge in [0.25, 0.3) is 0 Å². The monoisotopic (exact) mass is 243 g/mol. The van der Waals surface area contributed by atoms with E-state index in [1.54, 1.807) is 12.1 Å². The van der Waals surface area contributed by atoms with Gasteiger partial charge in [0.05, 0.1) is 0 Å². The fourth-order valence-electron chi connectivity index (χ4n) is 1.97. The largest absolute Gasteiger partial charge is 0.306 e. The van der Waals surface area contributed by atoms with Crippen LogP contribution in [0.2, 0.25) is 0 Å². The zero-order valence-electron chi connectivity index (χ0n) is 10.8. The van der Waals surface area contributed by atoms with Crippen molar-refractivity contribution in [2.75, 3.05) is 0 Å². The lowest BCUT2D eigenvalue weighted by Gasteiger charge is -2.15. The van der Waals surface area contributed by atoms with E-state index >= 15 is 0 Å². The van der Waals surface area contributed by atoms with Crippen molar-refractivity contribution < 1.29 is 4.39 Å². The first-order chi connectivity index (χ1) is 8.66. The number of hydrogen-bond donors (Lipinski definition) is 1. The molecule has 0 bridgehead atoms. The first kappa shape index (κ1) is 12.8. The molecule has 0 aliphatic rings. The molecule has 18 heavy (non-hydrogen) atoms. The molecule has 0 saturated carbocycles. The Labute approximate surface area is 108 Å². The van der Waals surface area contributed by atoms with Crippen LogP contribution < -0.4 is 5.32 Å². The summed E-state index contributed by atoms with van der Waals surface area (Å²) < 4.78 is 13.1. The van der Waals surface area contributed by atoms with Gasteiger partial charge in [-0.15, -0.1) is 0 Å². The lowest BCUT2D eigenvalue weighted by atomic mass is 10.1. The van der Waals surface area contributed by atoms with Crippen LogP contribution in [0, 0.1) is 12.7 Å². The summed E-state index contributed by atoms with van der Waals surface area (Å²) in [6, 6.07) is 15.2. The average molecular weight is 243 g/mol. The molecule has 2 rings (SSSR count). The first-order valence-corrected chi connectivity index (χ1v) is 6.20. The molecule has 0 aliphatic heterocycles. The van der Waals surface area contributed by atoms with Gasteiger partial charge in [0.1, 0.15) is 5.82 Å². The highest BCUT2D eigenvalue weighted by molar-refractivity contribution is 5.26. The van der Waals surface area contributed by atoms with E-state index in [2.05, 4.69) is 24.4 Å². The Morgan fingerprint density at radius 2 is 1.89 bits per heavy atom. The molecule has 2 heteroatoms. The Balaban J connectivity index is 2.00. The molecule has 2 aromatic carbocycles. The van der Waals surface area contributed by atoms with Crippen molar-refractivity contribution in [3.8, 4) is 0 Å². The molecule has 0 fully saturated rings. The van der Waals surface area contributed by atoms with Crippen molar-refractivity contribution in [2.45, 2.75) is 26.4 Å². The van der Waals surface area contributed by atoms with E-state index < -0.39 is 0 Å². The third-order valence-corrected chi connectivity index (χ3v) is 3.21. The second kappa shape index (κ2) is 5.78. The maximum absolute atomic E-state index is 13.1. The molecular weight excluding hydrogens is 225 g/mol. The zero-order valence-corrected chi connectivity index (χ0v) is 10.8. The fraction of sp³-hybridized carbons (Fsp3) is 0.250. The standard InChI is InChI=1S/C16H18FN/c1-12-6-3-4-7-15(12)11-18-13(2)14-8-5-9-16(17)10-14/h3-10,13,18H,11H2,1-2H3/t13-/m1/s1. The molecule has 0 amide bonds. The molecular formula is C16H18FN. The summed E-state index contributed by atoms with van der Waals surface area (Å²) in [5, 5.41) is 3.42. The summed E-state index contributed by atoms with van der Waals surface area (Å²) in [7, 11) is 0. The van der Waals surface area contributed by atoms with E-state index in [0.717, 1.165) is 12.1 Å². The van der Waals surface area contributed by atoms with E-state index in [4.69, 9.17) is 0 Å². The van der Waals surface area contributed by atoms with Gasteiger partial charge in [-0.05, 0) is 42.7 Å². The highest BCUT2D eigenvalue weighted by Crippen LogP contribution is 2.15. The zero-order chi connectivity index (χ0) is 13.0. The van der Waals surface area contributed by atoms with Crippen molar-refractivity contribution >= 4 is 0 Å². The van der Waals surface area contributed by atoms with Gasteiger partial charge in [-0.1, -0.05) is 36.4 Å². The van der Waals surface area contributed by atoms with Crippen LogP contribution in [-0.2, 0) is 6.54 Å². The van der Waals surface area contributed by atoms with Gasteiger partial charge in [0, 0.05) is 12.6 Å². The number of hydrogen-bond acceptors (Lipinski definition) is 1. The normalized spacial score (nSPS) is 12.4. The molecule has 1 nitrogen and oxygen atoms in total. The van der Waals surface area contributed by atoms with Crippen molar-refractivity contribution in [1.82, 2.24) is 5.32 Å². The Morgan fingerprint density at radius 3 is 2.61 bits per heavy atom. The van der Waals surface area contributed by atoms with Gasteiger partial charge in [0.15, 0.2) is 0 Å². The number of nitrogens with one attached hydrogen (secondary N) is 1.